The van der Waals surface area contributed by atoms with Crippen LogP contribution in [0.2, 0.25) is 0 Å². The second-order valence-electron chi connectivity index (χ2n) is 12.4. The van der Waals surface area contributed by atoms with Crippen molar-refractivity contribution in [2.75, 3.05) is 26.2 Å². The number of unbranched alkanes of at least 4 members (excludes halogenated alkanes) is 3. The quantitative estimate of drug-likeness (QED) is 0.0976. The van der Waals surface area contributed by atoms with Crippen molar-refractivity contribution >= 4 is 0 Å². The fourth-order valence-electron chi connectivity index (χ4n) is 6.86. The Morgan fingerprint density at radius 1 is 0.610 bits per heavy atom. The van der Waals surface area contributed by atoms with Crippen LogP contribution in [0.25, 0.3) is 0 Å². The van der Waals surface area contributed by atoms with Crippen LogP contribution in [0.5, 0.6) is 0 Å². The summed E-state index contributed by atoms with van der Waals surface area (Å²) in [4.78, 5) is 2.80. The van der Waals surface area contributed by atoms with Crippen LogP contribution in [0, 0.1) is 59.3 Å². The molecule has 0 aromatic carbocycles. The van der Waals surface area contributed by atoms with Gasteiger partial charge < -0.3 is 39.7 Å². The molecule has 1 N–H and O–H groups in total. The second-order valence-corrected chi connectivity index (χ2v) is 12.4. The van der Waals surface area contributed by atoms with E-state index in [1.807, 2.05) is 0 Å². The standard InChI is InChI=1S/C19H37NO.2C7H12.4CH3.2Fe/c1-17-10-11-19(14-17)16-20(12-6-2-3-7-13-21)15-18-8-4-5-9-18;2*1-2-7-5-3-4-6-7;;;;;;/h17-19,21H,2-16H2,1H3;2*2,7H,1,3-6H2;4*1H3;;/q;;;4*-1;2*+2. The zero-order chi connectivity index (χ0) is 25.1. The molecule has 0 heterocycles. The molecule has 4 aliphatic carbocycles. The van der Waals surface area contributed by atoms with Gasteiger partial charge in [0.15, 0.2) is 0 Å². The van der Waals surface area contributed by atoms with Gasteiger partial charge in [0.1, 0.15) is 0 Å². The van der Waals surface area contributed by atoms with Gasteiger partial charge in [-0.2, -0.15) is 0 Å². The molecule has 2 unspecified atom stereocenters. The largest absolute Gasteiger partial charge is 2.00 e. The SMILES string of the molecule is C=CC1CCCC1.C=CC1CCCC1.CC1CCC(CN(CCCCCCO)CC2CCCC2)C1.[CH3-].[CH3-].[CH3-].[CH3-].[Fe+2].[Fe+2]. The summed E-state index contributed by atoms with van der Waals surface area (Å²) < 4.78 is 0. The Morgan fingerprint density at radius 3 is 1.44 bits per heavy atom. The van der Waals surface area contributed by atoms with Gasteiger partial charge >= 0.3 is 34.1 Å². The van der Waals surface area contributed by atoms with E-state index >= 15 is 0 Å². The monoisotopic (exact) mass is 659 g/mol. The number of allylic oxidation sites excluding steroid dienone is 2. The molecule has 4 fully saturated rings. The van der Waals surface area contributed by atoms with E-state index < -0.39 is 0 Å². The molecule has 0 aromatic heterocycles. The molecule has 4 saturated carbocycles. The summed E-state index contributed by atoms with van der Waals surface area (Å²) in [5, 5.41) is 8.87. The summed E-state index contributed by atoms with van der Waals surface area (Å²) in [6.07, 6.45) is 30.5. The van der Waals surface area contributed by atoms with Gasteiger partial charge in [-0.3, -0.25) is 0 Å². The molecule has 0 radical (unpaired) electrons. The summed E-state index contributed by atoms with van der Waals surface area (Å²) in [6.45, 7) is 14.3. The molecule has 0 aromatic rings. The Labute approximate surface area is 282 Å². The maximum Gasteiger partial charge on any atom is 2.00 e. The molecule has 2 nitrogen and oxygen atoms in total. The van der Waals surface area contributed by atoms with Gasteiger partial charge in [-0.1, -0.05) is 76.9 Å². The minimum absolute atomic E-state index is 0. The molecular weight excluding hydrogens is 586 g/mol. The Morgan fingerprint density at radius 2 is 1.05 bits per heavy atom. The molecule has 4 heteroatoms. The normalized spacial score (nSPS) is 21.6. The average molecular weight is 660 g/mol. The average Bonchev–Trinajstić information content (AvgIpc) is 3.69. The summed E-state index contributed by atoms with van der Waals surface area (Å²) in [5.74, 6) is 4.65. The Balaban J connectivity index is -0.000000181. The van der Waals surface area contributed by atoms with E-state index in [1.54, 1.807) is 0 Å². The van der Waals surface area contributed by atoms with Crippen LogP contribution in [-0.2, 0) is 34.1 Å². The van der Waals surface area contributed by atoms with Gasteiger partial charge in [0.2, 0.25) is 0 Å². The van der Waals surface area contributed by atoms with Crippen LogP contribution >= 0.6 is 0 Å². The zero-order valence-corrected chi connectivity index (χ0v) is 30.5. The molecule has 0 saturated heterocycles. The number of nitrogens with zero attached hydrogens (tertiary/aromatic N) is 1. The maximum atomic E-state index is 8.87. The molecular formula is C37H73Fe2NO. The first-order chi connectivity index (χ1) is 17.1. The van der Waals surface area contributed by atoms with E-state index in [4.69, 9.17) is 5.11 Å². The molecule has 41 heavy (non-hydrogen) atoms. The minimum Gasteiger partial charge on any atom is -0.396 e. The first-order valence-electron chi connectivity index (χ1n) is 15.7. The smallest absolute Gasteiger partial charge is 0.396 e. The molecule has 4 aliphatic rings. The molecule has 0 amide bonds. The fourth-order valence-corrected chi connectivity index (χ4v) is 6.86. The summed E-state index contributed by atoms with van der Waals surface area (Å²) in [6, 6.07) is 0. The van der Waals surface area contributed by atoms with Crippen LogP contribution in [-0.4, -0.2) is 36.2 Å². The van der Waals surface area contributed by atoms with Gasteiger partial charge in [-0.25, -0.2) is 0 Å². The first-order valence-corrected chi connectivity index (χ1v) is 15.7. The fraction of sp³-hybridized carbons (Fsp3) is 0.784. The molecule has 0 bridgehead atoms. The van der Waals surface area contributed by atoms with Crippen molar-refractivity contribution < 1.29 is 39.2 Å². The Hall–Kier alpha value is 0.439. The second kappa shape index (κ2) is 33.3. The van der Waals surface area contributed by atoms with E-state index in [-0.39, 0.29) is 63.8 Å². The van der Waals surface area contributed by atoms with Crippen molar-refractivity contribution in [1.82, 2.24) is 4.90 Å². The zero-order valence-electron chi connectivity index (χ0n) is 28.3. The third kappa shape index (κ3) is 24.4. The molecule has 248 valence electrons. The van der Waals surface area contributed by atoms with Crippen molar-refractivity contribution in [3.8, 4) is 0 Å². The number of aliphatic hydroxyl groups is 1. The number of rotatable bonds is 12. The van der Waals surface area contributed by atoms with Crippen LogP contribution in [0.1, 0.15) is 129 Å². The van der Waals surface area contributed by atoms with Crippen molar-refractivity contribution in [3.63, 3.8) is 0 Å². The minimum atomic E-state index is 0. The van der Waals surface area contributed by atoms with Crippen LogP contribution in [0.3, 0.4) is 0 Å². The topological polar surface area (TPSA) is 23.5 Å². The van der Waals surface area contributed by atoms with Gasteiger partial charge in [0, 0.05) is 19.7 Å². The summed E-state index contributed by atoms with van der Waals surface area (Å²) in [7, 11) is 0. The predicted octanol–water partition coefficient (Wildman–Crippen LogP) is 11.0. The maximum absolute atomic E-state index is 8.87. The van der Waals surface area contributed by atoms with Crippen molar-refractivity contribution in [2.24, 2.45) is 29.6 Å². The van der Waals surface area contributed by atoms with Gasteiger partial charge in [-0.05, 0) is 100 Å². The third-order valence-corrected chi connectivity index (χ3v) is 9.16. The number of hydrogen-bond donors (Lipinski definition) is 1. The van der Waals surface area contributed by atoms with Crippen molar-refractivity contribution in [3.05, 3.63) is 55.0 Å². The van der Waals surface area contributed by atoms with Crippen LogP contribution < -0.4 is 0 Å². The predicted molar refractivity (Wildman–Crippen MR) is 180 cm³/mol. The third-order valence-electron chi connectivity index (χ3n) is 9.16. The van der Waals surface area contributed by atoms with E-state index in [2.05, 4.69) is 37.1 Å². The van der Waals surface area contributed by atoms with E-state index in [9.17, 15) is 0 Å². The van der Waals surface area contributed by atoms with Gasteiger partial charge in [0.25, 0.3) is 0 Å². The molecule has 2 atom stereocenters. The van der Waals surface area contributed by atoms with Crippen LogP contribution in [0.15, 0.2) is 25.3 Å². The van der Waals surface area contributed by atoms with Crippen molar-refractivity contribution in [1.29, 1.82) is 0 Å². The Bertz CT molecular complexity index is 505. The Kier molecular flexibility index (Phi) is 41.5. The van der Waals surface area contributed by atoms with Gasteiger partial charge in [0.05, 0.1) is 0 Å². The van der Waals surface area contributed by atoms with Gasteiger partial charge in [-0.15, -0.1) is 13.2 Å². The van der Waals surface area contributed by atoms with E-state index in [1.165, 1.54) is 135 Å². The molecule has 4 rings (SSSR count). The summed E-state index contributed by atoms with van der Waals surface area (Å²) >= 11 is 0. The number of hydrogen-bond acceptors (Lipinski definition) is 2. The van der Waals surface area contributed by atoms with Crippen LogP contribution in [0.4, 0.5) is 0 Å². The first kappa shape index (κ1) is 51.0. The number of aliphatic hydroxyl groups excluding tert-OH is 1. The van der Waals surface area contributed by atoms with E-state index in [0.717, 1.165) is 36.0 Å². The summed E-state index contributed by atoms with van der Waals surface area (Å²) in [5.41, 5.74) is 0. The molecule has 0 aliphatic heterocycles. The molecule has 0 spiro atoms. The van der Waals surface area contributed by atoms with E-state index in [0.29, 0.717) is 6.61 Å². The van der Waals surface area contributed by atoms with Crippen molar-refractivity contribution in [2.45, 2.75) is 129 Å².